The maximum Gasteiger partial charge on any atom is 0.146 e. The van der Waals surface area contributed by atoms with Gasteiger partial charge >= 0.3 is 0 Å². The van der Waals surface area contributed by atoms with Crippen molar-refractivity contribution in [1.29, 1.82) is 0 Å². The van der Waals surface area contributed by atoms with E-state index in [1.165, 1.54) is 0 Å². The SMILES string of the molecule is CCCNc1nc(CN2CCC(C)(O)C2)nc2sccc12. The van der Waals surface area contributed by atoms with Crippen molar-refractivity contribution in [2.75, 3.05) is 25.0 Å². The Hall–Kier alpha value is -1.24. The molecule has 5 nitrogen and oxygen atoms in total. The second-order valence-electron chi connectivity index (χ2n) is 6.01. The van der Waals surface area contributed by atoms with E-state index in [9.17, 15) is 5.11 Å². The molecule has 1 saturated heterocycles. The van der Waals surface area contributed by atoms with Crippen LogP contribution < -0.4 is 5.32 Å². The Balaban J connectivity index is 1.82. The molecular formula is C15H22N4OS. The third-order valence-corrected chi connectivity index (χ3v) is 4.62. The second kappa shape index (κ2) is 5.87. The molecule has 114 valence electrons. The van der Waals surface area contributed by atoms with Gasteiger partial charge in [-0.05, 0) is 31.2 Å². The molecule has 1 unspecified atom stereocenters. The van der Waals surface area contributed by atoms with Crippen LogP contribution in [-0.2, 0) is 6.54 Å². The summed E-state index contributed by atoms with van der Waals surface area (Å²) in [5.41, 5.74) is -0.573. The van der Waals surface area contributed by atoms with Crippen LogP contribution in [0.4, 0.5) is 5.82 Å². The van der Waals surface area contributed by atoms with Crippen LogP contribution in [0, 0.1) is 0 Å². The van der Waals surface area contributed by atoms with E-state index in [2.05, 4.69) is 38.6 Å². The fraction of sp³-hybridized carbons (Fsp3) is 0.600. The molecule has 0 aliphatic carbocycles. The molecule has 0 amide bonds. The van der Waals surface area contributed by atoms with Crippen LogP contribution in [0.25, 0.3) is 10.2 Å². The average Bonchev–Trinajstić information content (AvgIpc) is 3.02. The van der Waals surface area contributed by atoms with E-state index >= 15 is 0 Å². The summed E-state index contributed by atoms with van der Waals surface area (Å²) in [5, 5.41) is 16.6. The number of aliphatic hydroxyl groups is 1. The molecule has 1 aliphatic rings. The summed E-state index contributed by atoms with van der Waals surface area (Å²) in [7, 11) is 0. The van der Waals surface area contributed by atoms with E-state index in [1.807, 2.05) is 6.92 Å². The maximum atomic E-state index is 10.1. The van der Waals surface area contributed by atoms with Crippen LogP contribution >= 0.6 is 11.3 Å². The average molecular weight is 306 g/mol. The largest absolute Gasteiger partial charge is 0.389 e. The summed E-state index contributed by atoms with van der Waals surface area (Å²) < 4.78 is 0. The van der Waals surface area contributed by atoms with Crippen molar-refractivity contribution in [2.45, 2.75) is 38.8 Å². The lowest BCUT2D eigenvalue weighted by Gasteiger charge is -2.18. The van der Waals surface area contributed by atoms with Crippen molar-refractivity contribution in [1.82, 2.24) is 14.9 Å². The van der Waals surface area contributed by atoms with Gasteiger partial charge in [0.25, 0.3) is 0 Å². The maximum absolute atomic E-state index is 10.1. The van der Waals surface area contributed by atoms with Crippen molar-refractivity contribution < 1.29 is 5.11 Å². The summed E-state index contributed by atoms with van der Waals surface area (Å²) in [5.74, 6) is 1.77. The van der Waals surface area contributed by atoms with Crippen molar-refractivity contribution >= 4 is 27.4 Å². The third-order valence-electron chi connectivity index (χ3n) is 3.81. The van der Waals surface area contributed by atoms with Crippen molar-refractivity contribution in [3.05, 3.63) is 17.3 Å². The molecule has 0 spiro atoms. The number of hydrogen-bond acceptors (Lipinski definition) is 6. The monoisotopic (exact) mass is 306 g/mol. The summed E-state index contributed by atoms with van der Waals surface area (Å²) in [6, 6.07) is 2.07. The number of β-amino-alcohol motifs (C(OH)–C–C–N with tert-alkyl or cyclic N) is 1. The van der Waals surface area contributed by atoms with E-state index in [1.54, 1.807) is 11.3 Å². The van der Waals surface area contributed by atoms with Crippen LogP contribution in [-0.4, -0.2) is 45.2 Å². The number of nitrogens with zero attached hydrogens (tertiary/aromatic N) is 3. The van der Waals surface area contributed by atoms with E-state index in [0.717, 1.165) is 47.8 Å². The first-order chi connectivity index (χ1) is 10.1. The highest BCUT2D eigenvalue weighted by Crippen LogP contribution is 2.27. The first kappa shape index (κ1) is 14.7. The third kappa shape index (κ3) is 3.33. The highest BCUT2D eigenvalue weighted by molar-refractivity contribution is 7.16. The van der Waals surface area contributed by atoms with Gasteiger partial charge in [-0.25, -0.2) is 9.97 Å². The standard InChI is InChI=1S/C15H22N4OS/c1-3-6-16-13-11-4-8-21-14(11)18-12(17-13)9-19-7-5-15(2,20)10-19/h4,8,20H,3,5-7,9-10H2,1-2H3,(H,16,17,18). The number of thiophene rings is 1. The van der Waals surface area contributed by atoms with E-state index < -0.39 is 5.60 Å². The van der Waals surface area contributed by atoms with Crippen molar-refractivity contribution in [3.63, 3.8) is 0 Å². The number of rotatable bonds is 5. The smallest absolute Gasteiger partial charge is 0.146 e. The van der Waals surface area contributed by atoms with Gasteiger partial charge in [0, 0.05) is 19.6 Å². The van der Waals surface area contributed by atoms with E-state index in [4.69, 9.17) is 0 Å². The Morgan fingerprint density at radius 2 is 2.33 bits per heavy atom. The minimum atomic E-state index is -0.573. The molecule has 2 aromatic rings. The lowest BCUT2D eigenvalue weighted by atomic mass is 10.1. The van der Waals surface area contributed by atoms with E-state index in [-0.39, 0.29) is 0 Å². The Kier molecular flexibility index (Phi) is 4.10. The molecule has 0 bridgehead atoms. The first-order valence-electron chi connectivity index (χ1n) is 7.50. The molecule has 1 aliphatic heterocycles. The summed E-state index contributed by atoms with van der Waals surface area (Å²) in [4.78, 5) is 12.6. The molecule has 3 heterocycles. The van der Waals surface area contributed by atoms with Crippen molar-refractivity contribution in [3.8, 4) is 0 Å². The summed E-state index contributed by atoms with van der Waals surface area (Å²) in [6.07, 6.45) is 1.88. The topological polar surface area (TPSA) is 61.3 Å². The van der Waals surface area contributed by atoms with Gasteiger partial charge in [0.2, 0.25) is 0 Å². The molecule has 0 aromatic carbocycles. The van der Waals surface area contributed by atoms with Gasteiger partial charge in [-0.3, -0.25) is 4.90 Å². The highest BCUT2D eigenvalue weighted by atomic mass is 32.1. The fourth-order valence-electron chi connectivity index (χ4n) is 2.72. The molecule has 1 fully saturated rings. The Morgan fingerprint density at radius 1 is 1.48 bits per heavy atom. The van der Waals surface area contributed by atoms with Gasteiger partial charge in [0.15, 0.2) is 0 Å². The van der Waals surface area contributed by atoms with Crippen molar-refractivity contribution in [2.24, 2.45) is 0 Å². The van der Waals surface area contributed by atoms with Gasteiger partial charge < -0.3 is 10.4 Å². The lowest BCUT2D eigenvalue weighted by molar-refractivity contribution is 0.0676. The zero-order valence-corrected chi connectivity index (χ0v) is 13.4. The number of aromatic nitrogens is 2. The molecule has 1 atom stereocenters. The molecule has 6 heteroatoms. The molecule has 21 heavy (non-hydrogen) atoms. The molecule has 0 saturated carbocycles. The van der Waals surface area contributed by atoms with Crippen LogP contribution in [0.5, 0.6) is 0 Å². The van der Waals surface area contributed by atoms with Gasteiger partial charge in [0.05, 0.1) is 17.5 Å². The van der Waals surface area contributed by atoms with Crippen LogP contribution in [0.1, 0.15) is 32.5 Å². The second-order valence-corrected chi connectivity index (χ2v) is 6.91. The normalized spacial score (nSPS) is 23.0. The fourth-order valence-corrected chi connectivity index (χ4v) is 3.51. The zero-order chi connectivity index (χ0) is 14.9. The Labute approximate surface area is 129 Å². The minimum absolute atomic E-state index is 0.573. The molecule has 0 radical (unpaired) electrons. The number of anilines is 1. The first-order valence-corrected chi connectivity index (χ1v) is 8.38. The number of hydrogen-bond donors (Lipinski definition) is 2. The predicted octanol–water partition coefficient (Wildman–Crippen LogP) is 2.47. The highest BCUT2D eigenvalue weighted by Gasteiger charge is 2.31. The quantitative estimate of drug-likeness (QED) is 0.888. The number of nitrogens with one attached hydrogen (secondary N) is 1. The number of fused-ring (bicyclic) bond motifs is 1. The molecular weight excluding hydrogens is 284 g/mol. The van der Waals surface area contributed by atoms with Crippen LogP contribution in [0.3, 0.4) is 0 Å². The molecule has 3 rings (SSSR count). The van der Waals surface area contributed by atoms with Gasteiger partial charge in [0.1, 0.15) is 16.5 Å². The van der Waals surface area contributed by atoms with E-state index in [0.29, 0.717) is 13.1 Å². The number of likely N-dealkylation sites (tertiary alicyclic amines) is 1. The molecule has 2 aromatic heterocycles. The van der Waals surface area contributed by atoms with Gasteiger partial charge in [-0.1, -0.05) is 6.92 Å². The predicted molar refractivity (Wildman–Crippen MR) is 86.7 cm³/mol. The summed E-state index contributed by atoms with van der Waals surface area (Å²) in [6.45, 7) is 7.24. The van der Waals surface area contributed by atoms with Gasteiger partial charge in [-0.2, -0.15) is 0 Å². The lowest BCUT2D eigenvalue weighted by Crippen LogP contribution is -2.29. The zero-order valence-electron chi connectivity index (χ0n) is 12.6. The Morgan fingerprint density at radius 3 is 3.05 bits per heavy atom. The van der Waals surface area contributed by atoms with Crippen LogP contribution in [0.2, 0.25) is 0 Å². The minimum Gasteiger partial charge on any atom is -0.389 e. The Bertz CT molecular complexity index is 625. The van der Waals surface area contributed by atoms with Gasteiger partial charge in [-0.15, -0.1) is 11.3 Å². The summed E-state index contributed by atoms with van der Waals surface area (Å²) >= 11 is 1.65. The van der Waals surface area contributed by atoms with Crippen LogP contribution in [0.15, 0.2) is 11.4 Å². The molecule has 2 N–H and O–H groups in total.